The van der Waals surface area contributed by atoms with Gasteiger partial charge in [-0.05, 0) is 22.4 Å². The lowest BCUT2D eigenvalue weighted by atomic mass is 10.4. The van der Waals surface area contributed by atoms with E-state index in [1.807, 2.05) is 0 Å². The first-order valence-electron chi connectivity index (χ1n) is 2.90. The molecule has 0 spiro atoms. The maximum Gasteiger partial charge on any atom is 0.168 e. The summed E-state index contributed by atoms with van der Waals surface area (Å²) in [5.74, 6) is 0. The average Bonchev–Trinajstić information content (AvgIpc) is 1.89. The molecule has 9 heavy (non-hydrogen) atoms. The van der Waals surface area contributed by atoms with Gasteiger partial charge in [0.05, 0.1) is 6.61 Å². The van der Waals surface area contributed by atoms with Crippen molar-refractivity contribution in [3.05, 3.63) is 9.65 Å². The van der Waals surface area contributed by atoms with E-state index in [-0.39, 0.29) is 0 Å². The van der Waals surface area contributed by atoms with E-state index in [4.69, 9.17) is 4.74 Å². The zero-order valence-electron chi connectivity index (χ0n) is 5.36. The standard InChI is InChI=1S/C6H10Br2O/c1-2-3-4-9-6(8)5-7/h5H,2-4H2,1H3/b6-5-. The molecule has 0 heterocycles. The van der Waals surface area contributed by atoms with Gasteiger partial charge < -0.3 is 4.74 Å². The van der Waals surface area contributed by atoms with E-state index >= 15 is 0 Å². The first-order valence-corrected chi connectivity index (χ1v) is 4.60. The van der Waals surface area contributed by atoms with E-state index in [0.717, 1.165) is 17.7 Å². The number of ether oxygens (including phenoxy) is 1. The highest BCUT2D eigenvalue weighted by molar-refractivity contribution is 9.13. The molecule has 0 N–H and O–H groups in total. The highest BCUT2D eigenvalue weighted by Crippen LogP contribution is 2.09. The Morgan fingerprint density at radius 2 is 2.33 bits per heavy atom. The van der Waals surface area contributed by atoms with Crippen molar-refractivity contribution in [1.82, 2.24) is 0 Å². The van der Waals surface area contributed by atoms with Crippen molar-refractivity contribution in [1.29, 1.82) is 0 Å². The highest BCUT2D eigenvalue weighted by Gasteiger charge is 1.87. The third kappa shape index (κ3) is 6.38. The summed E-state index contributed by atoms with van der Waals surface area (Å²) in [5, 5.41) is 0. The zero-order valence-corrected chi connectivity index (χ0v) is 8.53. The van der Waals surface area contributed by atoms with E-state index in [9.17, 15) is 0 Å². The van der Waals surface area contributed by atoms with E-state index in [0.29, 0.717) is 0 Å². The molecule has 0 aliphatic rings. The maximum absolute atomic E-state index is 5.16. The smallest absolute Gasteiger partial charge is 0.168 e. The molecule has 0 rings (SSSR count). The molecule has 3 heteroatoms. The molecule has 0 unspecified atom stereocenters. The largest absolute Gasteiger partial charge is 0.486 e. The van der Waals surface area contributed by atoms with Crippen molar-refractivity contribution in [2.45, 2.75) is 19.8 Å². The van der Waals surface area contributed by atoms with Gasteiger partial charge in [-0.2, -0.15) is 0 Å². The summed E-state index contributed by atoms with van der Waals surface area (Å²) in [6.45, 7) is 2.92. The molecule has 0 aliphatic carbocycles. The Labute approximate surface area is 72.7 Å². The van der Waals surface area contributed by atoms with Crippen LogP contribution in [0.15, 0.2) is 9.65 Å². The Morgan fingerprint density at radius 1 is 1.67 bits per heavy atom. The second kappa shape index (κ2) is 6.62. The Balaban J connectivity index is 3.07. The van der Waals surface area contributed by atoms with Gasteiger partial charge in [0, 0.05) is 4.99 Å². The van der Waals surface area contributed by atoms with Gasteiger partial charge in [-0.15, -0.1) is 0 Å². The second-order valence-electron chi connectivity index (χ2n) is 1.62. The van der Waals surface area contributed by atoms with Gasteiger partial charge >= 0.3 is 0 Å². The average molecular weight is 258 g/mol. The van der Waals surface area contributed by atoms with Crippen LogP contribution in [-0.4, -0.2) is 6.61 Å². The van der Waals surface area contributed by atoms with Crippen molar-refractivity contribution in [3.63, 3.8) is 0 Å². The molecule has 0 saturated carbocycles. The number of rotatable bonds is 4. The van der Waals surface area contributed by atoms with Crippen LogP contribution in [0.5, 0.6) is 0 Å². The molecule has 0 radical (unpaired) electrons. The SMILES string of the molecule is CCCCO/C(Br)=C\Br. The maximum atomic E-state index is 5.16. The first-order chi connectivity index (χ1) is 4.31. The van der Waals surface area contributed by atoms with Gasteiger partial charge in [-0.25, -0.2) is 0 Å². The molecule has 0 bridgehead atoms. The number of halogens is 2. The molecule has 0 amide bonds. The number of unbranched alkanes of at least 4 members (excludes halogenated alkanes) is 1. The van der Waals surface area contributed by atoms with Crippen LogP contribution in [0.2, 0.25) is 0 Å². The molecule has 1 nitrogen and oxygen atoms in total. The first kappa shape index (κ1) is 9.50. The van der Waals surface area contributed by atoms with Gasteiger partial charge in [0.25, 0.3) is 0 Å². The molecular weight excluding hydrogens is 248 g/mol. The van der Waals surface area contributed by atoms with Crippen molar-refractivity contribution in [2.24, 2.45) is 0 Å². The predicted octanol–water partition coefficient (Wildman–Crippen LogP) is 3.39. The molecule has 54 valence electrons. The molecule has 0 atom stereocenters. The molecule has 0 aliphatic heterocycles. The summed E-state index contributed by atoms with van der Waals surface area (Å²) in [6, 6.07) is 0. The molecule has 0 aromatic rings. The van der Waals surface area contributed by atoms with Crippen LogP contribution in [0.3, 0.4) is 0 Å². The third-order valence-electron chi connectivity index (χ3n) is 0.824. The summed E-state index contributed by atoms with van der Waals surface area (Å²) in [6.07, 6.45) is 2.28. The van der Waals surface area contributed by atoms with Crippen molar-refractivity contribution < 1.29 is 4.74 Å². The normalized spacial score (nSPS) is 11.7. The fourth-order valence-electron chi connectivity index (χ4n) is 0.346. The Kier molecular flexibility index (Phi) is 6.99. The summed E-state index contributed by atoms with van der Waals surface area (Å²) in [5.41, 5.74) is 0. The van der Waals surface area contributed by atoms with Gasteiger partial charge in [0.2, 0.25) is 0 Å². The zero-order chi connectivity index (χ0) is 7.11. The Morgan fingerprint density at radius 3 is 2.78 bits per heavy atom. The highest BCUT2D eigenvalue weighted by atomic mass is 79.9. The summed E-state index contributed by atoms with van der Waals surface area (Å²) < 4.78 is 5.92. The topological polar surface area (TPSA) is 9.23 Å². The number of hydrogen-bond acceptors (Lipinski definition) is 1. The van der Waals surface area contributed by atoms with Gasteiger partial charge in [-0.3, -0.25) is 0 Å². The minimum absolute atomic E-state index is 0.760. The second-order valence-corrected chi connectivity index (χ2v) is 2.85. The Bertz CT molecular complexity index is 91.1. The van der Waals surface area contributed by atoms with Crippen LogP contribution in [-0.2, 0) is 4.74 Å². The Hall–Kier alpha value is 0.500. The van der Waals surface area contributed by atoms with Crippen LogP contribution in [0, 0.1) is 0 Å². The van der Waals surface area contributed by atoms with Crippen LogP contribution in [0.25, 0.3) is 0 Å². The fourth-order valence-corrected chi connectivity index (χ4v) is 0.640. The van der Waals surface area contributed by atoms with E-state index in [1.165, 1.54) is 6.42 Å². The van der Waals surface area contributed by atoms with E-state index in [1.54, 1.807) is 4.99 Å². The lowest BCUT2D eigenvalue weighted by molar-refractivity contribution is 0.236. The van der Waals surface area contributed by atoms with Crippen molar-refractivity contribution in [3.8, 4) is 0 Å². The minimum atomic E-state index is 0.760. The van der Waals surface area contributed by atoms with Crippen molar-refractivity contribution in [2.75, 3.05) is 6.61 Å². The van der Waals surface area contributed by atoms with Crippen LogP contribution in [0.1, 0.15) is 19.8 Å². The molecule has 0 fully saturated rings. The van der Waals surface area contributed by atoms with Crippen molar-refractivity contribution >= 4 is 31.9 Å². The number of hydrogen-bond donors (Lipinski definition) is 0. The molecular formula is C6H10Br2O. The predicted molar refractivity (Wildman–Crippen MR) is 46.8 cm³/mol. The molecule has 0 aromatic heterocycles. The van der Waals surface area contributed by atoms with Gasteiger partial charge in [-0.1, -0.05) is 29.3 Å². The minimum Gasteiger partial charge on any atom is -0.486 e. The van der Waals surface area contributed by atoms with Gasteiger partial charge in [0.1, 0.15) is 0 Å². The summed E-state index contributed by atoms with van der Waals surface area (Å²) in [7, 11) is 0. The fraction of sp³-hybridized carbons (Fsp3) is 0.667. The van der Waals surface area contributed by atoms with Crippen LogP contribution >= 0.6 is 31.9 Å². The molecule has 0 aromatic carbocycles. The van der Waals surface area contributed by atoms with E-state index < -0.39 is 0 Å². The lowest BCUT2D eigenvalue weighted by Gasteiger charge is -2.00. The van der Waals surface area contributed by atoms with E-state index in [2.05, 4.69) is 38.8 Å². The monoisotopic (exact) mass is 256 g/mol. The molecule has 0 saturated heterocycles. The quantitative estimate of drug-likeness (QED) is 0.554. The summed E-state index contributed by atoms with van der Waals surface area (Å²) >= 11 is 6.33. The van der Waals surface area contributed by atoms with Gasteiger partial charge in [0.15, 0.2) is 4.67 Å². The third-order valence-corrected chi connectivity index (χ3v) is 2.31. The van der Waals surface area contributed by atoms with Crippen LogP contribution in [0.4, 0.5) is 0 Å². The van der Waals surface area contributed by atoms with Crippen LogP contribution < -0.4 is 0 Å². The summed E-state index contributed by atoms with van der Waals surface area (Å²) in [4.78, 5) is 1.71. The lowest BCUT2D eigenvalue weighted by Crippen LogP contribution is -1.87.